The first-order chi connectivity index (χ1) is 9.08. The highest BCUT2D eigenvalue weighted by Crippen LogP contribution is 2.30. The molecule has 2 rings (SSSR count). The Hall–Kier alpha value is -2.36. The Morgan fingerprint density at radius 3 is 2.42 bits per heavy atom. The lowest BCUT2D eigenvalue weighted by atomic mass is 10.1. The van der Waals surface area contributed by atoms with Gasteiger partial charge in [-0.3, -0.25) is 9.59 Å². The molecule has 0 heterocycles. The van der Waals surface area contributed by atoms with Crippen molar-refractivity contribution in [3.63, 3.8) is 0 Å². The molecule has 0 amide bonds. The summed E-state index contributed by atoms with van der Waals surface area (Å²) in [4.78, 5) is 22.1. The van der Waals surface area contributed by atoms with E-state index in [1.807, 2.05) is 30.3 Å². The Morgan fingerprint density at radius 2 is 1.74 bits per heavy atom. The van der Waals surface area contributed by atoms with Crippen LogP contribution in [0.2, 0.25) is 0 Å². The second kappa shape index (κ2) is 5.52. The number of ether oxygens (including phenoxy) is 2. The van der Waals surface area contributed by atoms with Crippen LogP contribution in [0, 0.1) is 0 Å². The van der Waals surface area contributed by atoms with Crippen molar-refractivity contribution in [1.82, 2.24) is 0 Å². The molecule has 0 N–H and O–H groups in total. The van der Waals surface area contributed by atoms with E-state index in [0.717, 1.165) is 10.8 Å². The third-order valence-electron chi connectivity index (χ3n) is 2.64. The number of fused-ring (bicyclic) bond motifs is 1. The van der Waals surface area contributed by atoms with Crippen LogP contribution in [0.4, 0.5) is 0 Å². The van der Waals surface area contributed by atoms with Gasteiger partial charge >= 0.3 is 11.9 Å². The minimum atomic E-state index is -0.402. The number of esters is 2. The van der Waals surface area contributed by atoms with Crippen molar-refractivity contribution >= 4 is 22.7 Å². The third-order valence-corrected chi connectivity index (χ3v) is 2.64. The summed E-state index contributed by atoms with van der Waals surface area (Å²) in [6.07, 6.45) is 0. The van der Waals surface area contributed by atoms with Gasteiger partial charge in [0.15, 0.2) is 0 Å². The molecule has 4 heteroatoms. The topological polar surface area (TPSA) is 52.6 Å². The summed E-state index contributed by atoms with van der Waals surface area (Å²) in [6, 6.07) is 11.3. The molecule has 0 radical (unpaired) electrons. The van der Waals surface area contributed by atoms with Crippen LogP contribution < -0.4 is 4.74 Å². The van der Waals surface area contributed by atoms with Crippen molar-refractivity contribution in [3.8, 4) is 5.75 Å². The number of hydrogen-bond acceptors (Lipinski definition) is 4. The summed E-state index contributed by atoms with van der Waals surface area (Å²) in [5.41, 5.74) is 0.670. The average Bonchev–Trinajstić information content (AvgIpc) is 2.37. The minimum Gasteiger partial charge on any atom is -0.461 e. The molecule has 0 spiro atoms. The van der Waals surface area contributed by atoms with Crippen LogP contribution in [0.1, 0.15) is 19.4 Å². The van der Waals surface area contributed by atoms with Crippen LogP contribution in [0.3, 0.4) is 0 Å². The molecule has 19 heavy (non-hydrogen) atoms. The van der Waals surface area contributed by atoms with Crippen LogP contribution in [-0.4, -0.2) is 11.9 Å². The Bertz CT molecular complexity index is 631. The molecule has 0 saturated carbocycles. The van der Waals surface area contributed by atoms with Crippen LogP contribution in [0.25, 0.3) is 10.8 Å². The van der Waals surface area contributed by atoms with Gasteiger partial charge in [0.2, 0.25) is 0 Å². The first-order valence-electron chi connectivity index (χ1n) is 5.90. The standard InChI is InChI=1S/C15H14O4/c1-10(16)18-9-13-8-7-12-5-3-4-6-14(12)15(13)19-11(2)17/h3-8H,9H2,1-2H3. The summed E-state index contributed by atoms with van der Waals surface area (Å²) in [5, 5.41) is 1.78. The van der Waals surface area contributed by atoms with Gasteiger partial charge < -0.3 is 9.47 Å². The molecule has 2 aromatic rings. The van der Waals surface area contributed by atoms with Crippen LogP contribution in [0.15, 0.2) is 36.4 Å². The molecule has 4 nitrogen and oxygen atoms in total. The van der Waals surface area contributed by atoms with Gasteiger partial charge in [-0.25, -0.2) is 0 Å². The summed E-state index contributed by atoms with van der Waals surface area (Å²) in [6.45, 7) is 2.77. The first kappa shape index (κ1) is 13.1. The Morgan fingerprint density at radius 1 is 1.00 bits per heavy atom. The fourth-order valence-electron chi connectivity index (χ4n) is 1.85. The van der Waals surface area contributed by atoms with Gasteiger partial charge in [-0.05, 0) is 5.39 Å². The Labute approximate surface area is 110 Å². The molecular formula is C15H14O4. The van der Waals surface area contributed by atoms with E-state index in [1.165, 1.54) is 13.8 Å². The van der Waals surface area contributed by atoms with Gasteiger partial charge in [0, 0.05) is 24.8 Å². The lowest BCUT2D eigenvalue weighted by Gasteiger charge is -2.12. The van der Waals surface area contributed by atoms with Crippen LogP contribution >= 0.6 is 0 Å². The first-order valence-corrected chi connectivity index (χ1v) is 5.90. The van der Waals surface area contributed by atoms with E-state index >= 15 is 0 Å². The zero-order valence-electron chi connectivity index (χ0n) is 10.8. The van der Waals surface area contributed by atoms with Gasteiger partial charge in [0.1, 0.15) is 12.4 Å². The number of carbonyl (C=O) groups is 2. The van der Waals surface area contributed by atoms with Crippen molar-refractivity contribution < 1.29 is 19.1 Å². The predicted octanol–water partition coefficient (Wildman–Crippen LogP) is 2.83. The third kappa shape index (κ3) is 3.10. The van der Waals surface area contributed by atoms with Crippen LogP contribution in [0.5, 0.6) is 5.75 Å². The quantitative estimate of drug-likeness (QED) is 0.627. The Balaban J connectivity index is 2.49. The minimum absolute atomic E-state index is 0.0861. The SMILES string of the molecule is CC(=O)OCc1ccc2ccccc2c1OC(C)=O. The summed E-state index contributed by atoms with van der Waals surface area (Å²) >= 11 is 0. The lowest BCUT2D eigenvalue weighted by Crippen LogP contribution is -2.06. The van der Waals surface area contributed by atoms with Crippen molar-refractivity contribution in [3.05, 3.63) is 42.0 Å². The zero-order chi connectivity index (χ0) is 13.8. The maximum Gasteiger partial charge on any atom is 0.308 e. The van der Waals surface area contributed by atoms with Crippen molar-refractivity contribution in [2.24, 2.45) is 0 Å². The second-order valence-corrected chi connectivity index (χ2v) is 4.15. The molecule has 0 aliphatic rings. The van der Waals surface area contributed by atoms with E-state index < -0.39 is 5.97 Å². The normalized spacial score (nSPS) is 10.2. The van der Waals surface area contributed by atoms with Crippen molar-refractivity contribution in [2.75, 3.05) is 0 Å². The number of benzene rings is 2. The van der Waals surface area contributed by atoms with E-state index in [1.54, 1.807) is 6.07 Å². The predicted molar refractivity (Wildman–Crippen MR) is 70.7 cm³/mol. The molecule has 0 bridgehead atoms. The van der Waals surface area contributed by atoms with E-state index in [9.17, 15) is 9.59 Å². The van der Waals surface area contributed by atoms with E-state index in [2.05, 4.69) is 0 Å². The highest BCUT2D eigenvalue weighted by molar-refractivity contribution is 5.91. The Kier molecular flexibility index (Phi) is 3.80. The van der Waals surface area contributed by atoms with Gasteiger partial charge in [0.25, 0.3) is 0 Å². The van der Waals surface area contributed by atoms with E-state index in [4.69, 9.17) is 9.47 Å². The molecular weight excluding hydrogens is 244 g/mol. The van der Waals surface area contributed by atoms with Gasteiger partial charge in [0.05, 0.1) is 0 Å². The fourth-order valence-corrected chi connectivity index (χ4v) is 1.85. The highest BCUT2D eigenvalue weighted by Gasteiger charge is 2.12. The molecule has 0 unspecified atom stereocenters. The average molecular weight is 258 g/mol. The summed E-state index contributed by atoms with van der Waals surface area (Å²) in [7, 11) is 0. The van der Waals surface area contributed by atoms with Crippen molar-refractivity contribution in [2.45, 2.75) is 20.5 Å². The smallest absolute Gasteiger partial charge is 0.308 e. The summed E-state index contributed by atoms with van der Waals surface area (Å²) in [5.74, 6) is -0.325. The largest absolute Gasteiger partial charge is 0.461 e. The number of rotatable bonds is 3. The summed E-state index contributed by atoms with van der Waals surface area (Å²) < 4.78 is 10.2. The molecule has 0 atom stereocenters. The maximum atomic E-state index is 11.2. The number of hydrogen-bond donors (Lipinski definition) is 0. The monoisotopic (exact) mass is 258 g/mol. The van der Waals surface area contributed by atoms with E-state index in [-0.39, 0.29) is 12.6 Å². The van der Waals surface area contributed by atoms with Crippen molar-refractivity contribution in [1.29, 1.82) is 0 Å². The second-order valence-electron chi connectivity index (χ2n) is 4.15. The van der Waals surface area contributed by atoms with Gasteiger partial charge in [-0.1, -0.05) is 36.4 Å². The highest BCUT2D eigenvalue weighted by atomic mass is 16.5. The molecule has 98 valence electrons. The number of carbonyl (C=O) groups excluding carboxylic acids is 2. The lowest BCUT2D eigenvalue weighted by molar-refractivity contribution is -0.142. The van der Waals surface area contributed by atoms with Gasteiger partial charge in [-0.2, -0.15) is 0 Å². The molecule has 0 aliphatic heterocycles. The maximum absolute atomic E-state index is 11.2. The van der Waals surface area contributed by atoms with Crippen LogP contribution in [-0.2, 0) is 20.9 Å². The fraction of sp³-hybridized carbons (Fsp3) is 0.200. The molecule has 0 aromatic heterocycles. The molecule has 0 fully saturated rings. The van der Waals surface area contributed by atoms with E-state index in [0.29, 0.717) is 11.3 Å². The zero-order valence-corrected chi connectivity index (χ0v) is 10.8. The molecule has 2 aromatic carbocycles. The molecule has 0 saturated heterocycles. The van der Waals surface area contributed by atoms with Gasteiger partial charge in [-0.15, -0.1) is 0 Å². The molecule has 0 aliphatic carbocycles.